The van der Waals surface area contributed by atoms with Crippen LogP contribution in [0.25, 0.3) is 42.0 Å². The predicted molar refractivity (Wildman–Crippen MR) is 122 cm³/mol. The van der Waals surface area contributed by atoms with Gasteiger partial charge in [0.15, 0.2) is 10.9 Å². The highest BCUT2D eigenvalue weighted by Crippen LogP contribution is 2.34. The number of nitrogens with two attached hydrogens (primary N) is 1. The number of aromatic hydroxyl groups is 1. The summed E-state index contributed by atoms with van der Waals surface area (Å²) in [6.45, 7) is 0. The smallest absolute Gasteiger partial charge is 0.206 e. The SMILES string of the molecule is CS(N)(=O)=O.O=c1c2ccccc2c(=O)c2c1c(O)cc1sc3ccccc3[nH]c12. The van der Waals surface area contributed by atoms with Crippen molar-refractivity contribution in [3.63, 3.8) is 0 Å². The number of sulfonamides is 1. The molecule has 0 aliphatic carbocycles. The molecule has 152 valence electrons. The number of benzene rings is 4. The molecule has 0 aliphatic rings. The van der Waals surface area contributed by atoms with Crippen molar-refractivity contribution in [1.29, 1.82) is 0 Å². The third-order valence-electron chi connectivity index (χ3n) is 4.51. The monoisotopic (exact) mass is 440 g/mol. The summed E-state index contributed by atoms with van der Waals surface area (Å²) in [7, 11) is -3.17. The van der Waals surface area contributed by atoms with Gasteiger partial charge in [-0.15, -0.1) is 11.3 Å². The summed E-state index contributed by atoms with van der Waals surface area (Å²) < 4.78 is 20.6. The fourth-order valence-electron chi connectivity index (χ4n) is 3.37. The number of rotatable bonds is 0. The molecule has 5 rings (SSSR count). The van der Waals surface area contributed by atoms with E-state index in [4.69, 9.17) is 0 Å². The fraction of sp³-hybridized carbons (Fsp3) is 0.0476. The van der Waals surface area contributed by atoms with E-state index >= 15 is 0 Å². The highest BCUT2D eigenvalue weighted by molar-refractivity contribution is 7.88. The molecule has 0 radical (unpaired) electrons. The van der Waals surface area contributed by atoms with E-state index in [1.807, 2.05) is 24.3 Å². The van der Waals surface area contributed by atoms with Crippen LogP contribution in [0.4, 0.5) is 0 Å². The number of primary sulfonamides is 1. The Morgan fingerprint density at radius 3 is 2.07 bits per heavy atom. The Morgan fingerprint density at radius 1 is 0.900 bits per heavy atom. The van der Waals surface area contributed by atoms with Crippen LogP contribution in [0.5, 0.6) is 5.75 Å². The highest BCUT2D eigenvalue weighted by Gasteiger charge is 2.17. The molecule has 0 spiro atoms. The predicted octanol–water partition coefficient (Wildman–Crippen LogP) is 3.02. The van der Waals surface area contributed by atoms with Crippen molar-refractivity contribution in [3.05, 3.63) is 75.0 Å². The molecular formula is C21H16N2O5S2. The van der Waals surface area contributed by atoms with E-state index in [1.165, 1.54) is 11.3 Å². The minimum atomic E-state index is -3.17. The van der Waals surface area contributed by atoms with Crippen molar-refractivity contribution in [2.45, 2.75) is 0 Å². The molecule has 0 amide bonds. The van der Waals surface area contributed by atoms with Gasteiger partial charge in [0, 0.05) is 16.8 Å². The molecule has 7 nitrogen and oxygen atoms in total. The van der Waals surface area contributed by atoms with Gasteiger partial charge in [0.1, 0.15) is 5.75 Å². The number of aromatic amines is 1. The lowest BCUT2D eigenvalue weighted by molar-refractivity contribution is 0.482. The first-order valence-corrected chi connectivity index (χ1v) is 11.5. The van der Waals surface area contributed by atoms with Gasteiger partial charge in [-0.1, -0.05) is 36.4 Å². The number of hydrogen-bond acceptors (Lipinski definition) is 6. The van der Waals surface area contributed by atoms with Gasteiger partial charge < -0.3 is 10.1 Å². The maximum Gasteiger partial charge on any atom is 0.206 e. The number of H-pyrrole nitrogens is 1. The zero-order chi connectivity index (χ0) is 21.6. The van der Waals surface area contributed by atoms with Gasteiger partial charge in [-0.25, -0.2) is 13.6 Å². The van der Waals surface area contributed by atoms with Crippen LogP contribution in [0.15, 0.2) is 64.2 Å². The molecule has 4 N–H and O–H groups in total. The first-order chi connectivity index (χ1) is 14.1. The van der Waals surface area contributed by atoms with Crippen LogP contribution in [-0.4, -0.2) is 24.8 Å². The van der Waals surface area contributed by atoms with Crippen LogP contribution in [0, 0.1) is 0 Å². The van der Waals surface area contributed by atoms with Crippen LogP contribution in [0.2, 0.25) is 0 Å². The molecule has 0 aliphatic heterocycles. The van der Waals surface area contributed by atoms with E-state index in [0.717, 1.165) is 21.2 Å². The minimum Gasteiger partial charge on any atom is -0.507 e. The lowest BCUT2D eigenvalue weighted by Gasteiger charge is -2.08. The number of hydrogen-bond donors (Lipinski definition) is 3. The quantitative estimate of drug-likeness (QED) is 0.252. The lowest BCUT2D eigenvalue weighted by atomic mass is 10.0. The van der Waals surface area contributed by atoms with Crippen LogP contribution in [0.1, 0.15) is 0 Å². The zero-order valence-electron chi connectivity index (χ0n) is 15.7. The largest absolute Gasteiger partial charge is 0.507 e. The summed E-state index contributed by atoms with van der Waals surface area (Å²) in [5, 5.41) is 15.8. The van der Waals surface area contributed by atoms with Crippen LogP contribution in [-0.2, 0) is 10.0 Å². The topological polar surface area (TPSA) is 130 Å². The molecule has 0 bridgehead atoms. The second-order valence-electron chi connectivity index (χ2n) is 6.78. The van der Waals surface area contributed by atoms with E-state index in [1.54, 1.807) is 30.3 Å². The van der Waals surface area contributed by atoms with Crippen molar-refractivity contribution >= 4 is 63.3 Å². The summed E-state index contributed by atoms with van der Waals surface area (Å²) in [6.07, 6.45) is 0.938. The summed E-state index contributed by atoms with van der Waals surface area (Å²) in [4.78, 5) is 29.2. The van der Waals surface area contributed by atoms with E-state index in [-0.39, 0.29) is 27.4 Å². The molecule has 30 heavy (non-hydrogen) atoms. The molecular weight excluding hydrogens is 424 g/mol. The lowest BCUT2D eigenvalue weighted by Crippen LogP contribution is -2.13. The second kappa shape index (κ2) is 7.21. The van der Waals surface area contributed by atoms with Crippen LogP contribution < -0.4 is 16.0 Å². The molecule has 1 aromatic heterocycles. The van der Waals surface area contributed by atoms with E-state index in [9.17, 15) is 23.1 Å². The maximum atomic E-state index is 13.1. The average Bonchev–Trinajstić information content (AvgIpc) is 2.68. The number of fused-ring (bicyclic) bond motifs is 5. The first-order valence-electron chi connectivity index (χ1n) is 8.75. The Morgan fingerprint density at radius 2 is 1.43 bits per heavy atom. The van der Waals surface area contributed by atoms with Gasteiger partial charge >= 0.3 is 0 Å². The van der Waals surface area contributed by atoms with Crippen molar-refractivity contribution in [3.8, 4) is 5.75 Å². The number of nitrogens with one attached hydrogen (secondary N) is 1. The van der Waals surface area contributed by atoms with Crippen LogP contribution >= 0.6 is 11.3 Å². The first kappa shape index (κ1) is 20.0. The number of para-hydroxylation sites is 1. The second-order valence-corrected chi connectivity index (χ2v) is 9.52. The molecule has 0 saturated carbocycles. The summed E-state index contributed by atoms with van der Waals surface area (Å²) in [5.41, 5.74) is 0.900. The Bertz CT molecular complexity index is 1680. The van der Waals surface area contributed by atoms with Crippen molar-refractivity contribution < 1.29 is 13.5 Å². The normalized spacial score (nSPS) is 11.7. The summed E-state index contributed by atoms with van der Waals surface area (Å²) in [5.74, 6) is -0.157. The van der Waals surface area contributed by atoms with Crippen molar-refractivity contribution in [2.24, 2.45) is 5.14 Å². The molecule has 4 aromatic carbocycles. The van der Waals surface area contributed by atoms with Crippen molar-refractivity contribution in [1.82, 2.24) is 4.98 Å². The van der Waals surface area contributed by atoms with Gasteiger partial charge in [0.25, 0.3) is 0 Å². The van der Waals surface area contributed by atoms with Gasteiger partial charge in [0.2, 0.25) is 10.0 Å². The fourth-order valence-corrected chi connectivity index (χ4v) is 4.41. The van der Waals surface area contributed by atoms with Gasteiger partial charge in [-0.05, 0) is 12.1 Å². The third-order valence-corrected chi connectivity index (χ3v) is 5.63. The van der Waals surface area contributed by atoms with Crippen LogP contribution in [0.3, 0.4) is 0 Å². The number of phenols is 1. The molecule has 0 saturated heterocycles. The summed E-state index contributed by atoms with van der Waals surface area (Å²) >= 11 is 1.47. The average molecular weight is 441 g/mol. The minimum absolute atomic E-state index is 0.0786. The summed E-state index contributed by atoms with van der Waals surface area (Å²) in [6, 6.07) is 16.0. The molecule has 9 heteroatoms. The Balaban J connectivity index is 0.000000393. The molecule has 0 fully saturated rings. The van der Waals surface area contributed by atoms with Crippen molar-refractivity contribution in [2.75, 3.05) is 6.26 Å². The van der Waals surface area contributed by atoms with E-state index in [0.29, 0.717) is 16.3 Å². The molecule has 0 unspecified atom stereocenters. The maximum absolute atomic E-state index is 13.1. The Labute approximate surface area is 174 Å². The van der Waals surface area contributed by atoms with Gasteiger partial charge in [-0.3, -0.25) is 9.59 Å². The number of phenolic OH excluding ortho intramolecular Hbond substituents is 1. The number of aromatic nitrogens is 1. The Hall–Kier alpha value is -3.27. The molecule has 0 atom stereocenters. The molecule has 5 aromatic rings. The third kappa shape index (κ3) is 3.54. The highest BCUT2D eigenvalue weighted by atomic mass is 32.2. The molecule has 1 heterocycles. The van der Waals surface area contributed by atoms with E-state index in [2.05, 4.69) is 10.1 Å². The van der Waals surface area contributed by atoms with Gasteiger partial charge in [-0.2, -0.15) is 0 Å². The Kier molecular flexibility index (Phi) is 4.81. The standard InChI is InChI=1S/C20H11NO3S.CH5NO2S/c22-13-9-15-18(21-12-7-3-4-8-14(12)25-15)17-16(13)19(23)10-5-1-2-6-11(10)20(17)24;1-5(2,3)4/h1-9,21-22H;1H3,(H2,2,3,4). The van der Waals surface area contributed by atoms with Gasteiger partial charge in [0.05, 0.1) is 37.5 Å². The zero-order valence-corrected chi connectivity index (χ0v) is 17.3. The van der Waals surface area contributed by atoms with E-state index < -0.39 is 10.0 Å².